The van der Waals surface area contributed by atoms with Crippen molar-refractivity contribution in [1.82, 2.24) is 16.0 Å². The van der Waals surface area contributed by atoms with Gasteiger partial charge in [-0.25, -0.2) is 4.79 Å². The van der Waals surface area contributed by atoms with Crippen molar-refractivity contribution in [3.05, 3.63) is 0 Å². The van der Waals surface area contributed by atoms with Crippen LogP contribution in [0.25, 0.3) is 0 Å². The number of aliphatic hydroxyl groups excluding tert-OH is 7. The molecule has 4 rings (SSSR count). The maximum atomic E-state index is 12.6. The van der Waals surface area contributed by atoms with Crippen molar-refractivity contribution in [2.24, 2.45) is 0 Å². The lowest BCUT2D eigenvalue weighted by Crippen LogP contribution is -2.69. The van der Waals surface area contributed by atoms with Crippen LogP contribution in [-0.2, 0) is 52.3 Å². The number of amides is 3. The molecule has 0 aromatic carbocycles. The van der Waals surface area contributed by atoms with E-state index in [-0.39, 0.29) is 6.54 Å². The van der Waals surface area contributed by atoms with E-state index in [9.17, 15) is 60.0 Å². The van der Waals surface area contributed by atoms with Gasteiger partial charge in [-0.3, -0.25) is 14.4 Å². The monoisotopic (exact) mass is 727 g/mol. The lowest BCUT2D eigenvalue weighted by Gasteiger charge is -2.49. The van der Waals surface area contributed by atoms with Gasteiger partial charge in [-0.1, -0.05) is 0 Å². The lowest BCUT2D eigenvalue weighted by molar-refractivity contribution is -0.361. The summed E-state index contributed by atoms with van der Waals surface area (Å²) in [5.74, 6) is -6.59. The van der Waals surface area contributed by atoms with Crippen LogP contribution in [0.4, 0.5) is 0 Å². The van der Waals surface area contributed by atoms with E-state index in [1.807, 2.05) is 0 Å². The fourth-order valence-electron chi connectivity index (χ4n) is 6.26. The topological polar surface area (TPSA) is 331 Å². The van der Waals surface area contributed by atoms with Crippen LogP contribution >= 0.6 is 0 Å². The zero-order chi connectivity index (χ0) is 37.1. The molecule has 0 spiro atoms. The van der Waals surface area contributed by atoms with Crippen LogP contribution in [0, 0.1) is 0 Å². The Bertz CT molecular complexity index is 1210. The molecule has 22 heteroatoms. The Balaban J connectivity index is 1.60. The molecule has 4 saturated heterocycles. The number of carboxylic acid groups (broad SMARTS) is 1. The highest BCUT2D eigenvalue weighted by Gasteiger charge is 2.57. The van der Waals surface area contributed by atoms with E-state index < -0.39 is 148 Å². The molecule has 0 aromatic heterocycles. The highest BCUT2D eigenvalue weighted by atomic mass is 16.8. The Hall–Kier alpha value is -2.68. The Labute approximate surface area is 284 Å². The third-order valence-corrected chi connectivity index (χ3v) is 8.79. The van der Waals surface area contributed by atoms with E-state index in [4.69, 9.17) is 33.2 Å². The standard InChI is InChI=1S/C28H45N3O19/c1-9(33)30-16-11(35)4-28(27(42)43,50-23(16)18(38)12(36)6-32)46-7-14-19(39)21(41)24-26(48-14)49-22-13(5-29-15(37)8-45-24)47-25(44-3)17(20(22)40)31-10(2)34/h11-14,16-26,32,35-36,38-41H,4-8H2,1-3H3,(H,29,37)(H,30,33)(H,31,34)(H,42,43)/t11-,12+,13+,14+,16+,17+,18+,19-,20+,21-,22+,23+,24+,25+,26-,28+/m0/s1. The van der Waals surface area contributed by atoms with Crippen molar-refractivity contribution in [1.29, 1.82) is 0 Å². The molecule has 4 aliphatic rings. The summed E-state index contributed by atoms with van der Waals surface area (Å²) >= 11 is 0. The predicted molar refractivity (Wildman–Crippen MR) is 156 cm³/mol. The molecule has 4 aliphatic heterocycles. The third kappa shape index (κ3) is 8.67. The Morgan fingerprint density at radius 2 is 1.64 bits per heavy atom. The van der Waals surface area contributed by atoms with Crippen molar-refractivity contribution in [3.63, 3.8) is 0 Å². The van der Waals surface area contributed by atoms with E-state index in [0.29, 0.717) is 0 Å². The first kappa shape index (κ1) is 40.1. The number of ether oxygens (including phenoxy) is 7. The van der Waals surface area contributed by atoms with E-state index >= 15 is 0 Å². The number of carbonyl (C=O) groups is 4. The molecular formula is C28H45N3O19. The molecule has 0 bridgehead atoms. The molecule has 11 N–H and O–H groups in total. The zero-order valence-electron chi connectivity index (χ0n) is 27.3. The predicted octanol–water partition coefficient (Wildman–Crippen LogP) is -7.26. The number of aliphatic carboxylic acids is 1. The Morgan fingerprint density at radius 1 is 0.980 bits per heavy atom. The molecule has 16 atom stereocenters. The summed E-state index contributed by atoms with van der Waals surface area (Å²) in [7, 11) is 1.26. The van der Waals surface area contributed by atoms with Crippen molar-refractivity contribution in [2.45, 2.75) is 118 Å². The van der Waals surface area contributed by atoms with Crippen LogP contribution in [0.5, 0.6) is 0 Å². The van der Waals surface area contributed by atoms with Crippen LogP contribution in [0.2, 0.25) is 0 Å². The molecule has 3 amide bonds. The number of hydrogen-bond acceptors (Lipinski definition) is 18. The Kier molecular flexibility index (Phi) is 13.4. The number of fused-ring (bicyclic) bond motifs is 2. The van der Waals surface area contributed by atoms with Crippen molar-refractivity contribution < 1.29 is 93.2 Å². The second-order valence-corrected chi connectivity index (χ2v) is 12.4. The van der Waals surface area contributed by atoms with Crippen LogP contribution in [0.1, 0.15) is 20.3 Å². The summed E-state index contributed by atoms with van der Waals surface area (Å²) in [4.78, 5) is 48.8. The number of rotatable bonds is 10. The minimum atomic E-state index is -2.81. The van der Waals surface area contributed by atoms with Gasteiger partial charge in [0.25, 0.3) is 5.79 Å². The van der Waals surface area contributed by atoms with E-state index in [1.54, 1.807) is 0 Å². The van der Waals surface area contributed by atoms with Gasteiger partial charge in [0.2, 0.25) is 17.7 Å². The van der Waals surface area contributed by atoms with Crippen LogP contribution in [0.15, 0.2) is 0 Å². The lowest BCUT2D eigenvalue weighted by atomic mass is 9.88. The number of carboxylic acids is 1. The number of hydrogen-bond donors (Lipinski definition) is 11. The number of carbonyl (C=O) groups excluding carboxylic acids is 3. The quantitative estimate of drug-likeness (QED) is 0.0995. The largest absolute Gasteiger partial charge is 0.477 e. The van der Waals surface area contributed by atoms with Gasteiger partial charge in [0, 0.05) is 33.9 Å². The molecule has 0 saturated carbocycles. The minimum absolute atomic E-state index is 0.232. The average molecular weight is 728 g/mol. The highest BCUT2D eigenvalue weighted by molar-refractivity contribution is 5.77. The molecule has 0 aromatic rings. The molecule has 50 heavy (non-hydrogen) atoms. The fourth-order valence-corrected chi connectivity index (χ4v) is 6.26. The van der Waals surface area contributed by atoms with Gasteiger partial charge in [-0.2, -0.15) is 0 Å². The van der Waals surface area contributed by atoms with E-state index in [1.165, 1.54) is 14.0 Å². The summed E-state index contributed by atoms with van der Waals surface area (Å²) in [6, 6.07) is -2.66. The van der Waals surface area contributed by atoms with Crippen molar-refractivity contribution in [2.75, 3.05) is 33.5 Å². The van der Waals surface area contributed by atoms with Crippen molar-refractivity contribution >= 4 is 23.7 Å². The maximum Gasteiger partial charge on any atom is 0.364 e. The molecule has 4 heterocycles. The SMILES string of the molecule is CO[C@@H]1O[C@@H]2CNC(=O)CO[C@H]3[C@H](O[C@H]2[C@H](O)[C@H]1NC(C)=O)O[C@H](CO[C@]1(C(=O)O)C[C@H](O)[C@@H](NC(C)=O)[C@H]([C@H](O)[C@H](O)CO)O1)[C@H](O)[C@@H]3O. The van der Waals surface area contributed by atoms with Gasteiger partial charge in [-0.05, 0) is 0 Å². The first-order valence-electron chi connectivity index (χ1n) is 15.7. The Morgan fingerprint density at radius 3 is 2.24 bits per heavy atom. The molecule has 0 aliphatic carbocycles. The molecule has 0 unspecified atom stereocenters. The van der Waals surface area contributed by atoms with Gasteiger partial charge >= 0.3 is 5.97 Å². The van der Waals surface area contributed by atoms with Gasteiger partial charge in [-0.15, -0.1) is 0 Å². The summed E-state index contributed by atoms with van der Waals surface area (Å²) in [5, 5.41) is 91.9. The number of nitrogens with one attached hydrogen (secondary N) is 3. The van der Waals surface area contributed by atoms with Gasteiger partial charge in [0.1, 0.15) is 73.7 Å². The normalized spacial score (nSPS) is 42.1. The molecule has 0 radical (unpaired) electrons. The second-order valence-electron chi connectivity index (χ2n) is 12.4. The fraction of sp³-hybridized carbons (Fsp3) is 0.857. The maximum absolute atomic E-state index is 12.6. The van der Waals surface area contributed by atoms with Crippen molar-refractivity contribution in [3.8, 4) is 0 Å². The number of methoxy groups -OCH3 is 1. The summed E-state index contributed by atoms with van der Waals surface area (Å²) < 4.78 is 39.7. The summed E-state index contributed by atoms with van der Waals surface area (Å²) in [6.07, 6.45) is -22.4. The third-order valence-electron chi connectivity index (χ3n) is 8.79. The van der Waals surface area contributed by atoms with Crippen LogP contribution in [0.3, 0.4) is 0 Å². The van der Waals surface area contributed by atoms with E-state index in [2.05, 4.69) is 16.0 Å². The first-order valence-corrected chi connectivity index (χ1v) is 15.7. The minimum Gasteiger partial charge on any atom is -0.477 e. The smallest absolute Gasteiger partial charge is 0.364 e. The highest BCUT2D eigenvalue weighted by Crippen LogP contribution is 2.36. The van der Waals surface area contributed by atoms with E-state index in [0.717, 1.165) is 6.92 Å². The van der Waals surface area contributed by atoms with Crippen LogP contribution in [-0.4, -0.2) is 196 Å². The molecule has 4 fully saturated rings. The van der Waals surface area contributed by atoms with Gasteiger partial charge in [0.15, 0.2) is 12.6 Å². The second kappa shape index (κ2) is 16.8. The molecule has 286 valence electrons. The van der Waals surface area contributed by atoms with Gasteiger partial charge in [0.05, 0.1) is 25.4 Å². The van der Waals surface area contributed by atoms with Gasteiger partial charge < -0.3 is 90.0 Å². The summed E-state index contributed by atoms with van der Waals surface area (Å²) in [6.45, 7) is -0.530. The molecular weight excluding hydrogens is 682 g/mol. The first-order chi connectivity index (χ1) is 23.5. The summed E-state index contributed by atoms with van der Waals surface area (Å²) in [5.41, 5.74) is 0. The molecule has 22 nitrogen and oxygen atoms in total. The zero-order valence-corrected chi connectivity index (χ0v) is 27.3. The number of aliphatic hydroxyl groups is 7. The average Bonchev–Trinajstić information content (AvgIpc) is 3.06. The van der Waals surface area contributed by atoms with Crippen LogP contribution < -0.4 is 16.0 Å².